The van der Waals surface area contributed by atoms with Gasteiger partial charge in [0.1, 0.15) is 28.9 Å². The van der Waals surface area contributed by atoms with E-state index in [9.17, 15) is 0 Å². The lowest BCUT2D eigenvalue weighted by Gasteiger charge is -2.23. The normalized spacial score (nSPS) is 15.9. The smallest absolute Gasteiger partial charge is 0.166 e. The predicted molar refractivity (Wildman–Crippen MR) is 154 cm³/mol. The quantitative estimate of drug-likeness (QED) is 0.314. The molecule has 9 nitrogen and oxygen atoms in total. The van der Waals surface area contributed by atoms with Gasteiger partial charge in [0.15, 0.2) is 11.5 Å². The molecule has 0 spiro atoms. The van der Waals surface area contributed by atoms with Gasteiger partial charge in [-0.15, -0.1) is 0 Å². The number of dihydropyridines is 1. The molecule has 9 rings (SSSR count). The van der Waals surface area contributed by atoms with E-state index in [-0.39, 0.29) is 6.04 Å². The second-order valence-corrected chi connectivity index (χ2v) is 9.77. The van der Waals surface area contributed by atoms with Crippen molar-refractivity contribution in [3.63, 3.8) is 0 Å². The summed E-state index contributed by atoms with van der Waals surface area (Å²) in [5, 5.41) is 4.50. The van der Waals surface area contributed by atoms with E-state index in [1.807, 2.05) is 72.9 Å². The molecule has 0 saturated carbocycles. The number of para-hydroxylation sites is 1. The average molecular weight is 518 g/mol. The van der Waals surface area contributed by atoms with Gasteiger partial charge < -0.3 is 5.32 Å². The first kappa shape index (κ1) is 21.3. The van der Waals surface area contributed by atoms with Crippen LogP contribution in [0, 0.1) is 0 Å². The zero-order valence-electron chi connectivity index (χ0n) is 21.0. The Hall–Kier alpha value is -5.70. The number of allylic oxidation sites excluding steroid dienone is 2. The van der Waals surface area contributed by atoms with Crippen molar-refractivity contribution in [2.45, 2.75) is 6.04 Å². The SMILES string of the molecule is C1=CNC2C(=C1)N(c1ccc3ncccc3n1)c1nc3c4ccccc4n(-c4ccc5ncccc5n4)c3nc12. The Labute approximate surface area is 227 Å². The zero-order valence-corrected chi connectivity index (χ0v) is 21.0. The van der Waals surface area contributed by atoms with Crippen molar-refractivity contribution in [2.24, 2.45) is 0 Å². The highest BCUT2D eigenvalue weighted by molar-refractivity contribution is 6.06. The molecule has 0 amide bonds. The minimum absolute atomic E-state index is 0.163. The topological polar surface area (TPSA) is 97.5 Å². The molecule has 1 N–H and O–H groups in total. The van der Waals surface area contributed by atoms with Gasteiger partial charge in [0.2, 0.25) is 0 Å². The number of nitrogens with zero attached hydrogens (tertiary/aromatic N) is 8. The monoisotopic (exact) mass is 517 g/mol. The van der Waals surface area contributed by atoms with Gasteiger partial charge in [0.05, 0.1) is 33.3 Å². The molecule has 0 saturated heterocycles. The summed E-state index contributed by atoms with van der Waals surface area (Å²) in [4.78, 5) is 31.5. The largest absolute Gasteiger partial charge is 0.377 e. The van der Waals surface area contributed by atoms with E-state index in [0.29, 0.717) is 0 Å². The van der Waals surface area contributed by atoms with Gasteiger partial charge >= 0.3 is 0 Å². The van der Waals surface area contributed by atoms with Crippen LogP contribution in [-0.4, -0.2) is 34.5 Å². The Balaban J connectivity index is 1.33. The number of anilines is 2. The van der Waals surface area contributed by atoms with Crippen LogP contribution in [-0.2, 0) is 0 Å². The number of benzene rings is 1. The minimum atomic E-state index is -0.163. The minimum Gasteiger partial charge on any atom is -0.377 e. The predicted octanol–water partition coefficient (Wildman–Crippen LogP) is 5.65. The molecule has 1 atom stereocenters. The van der Waals surface area contributed by atoms with Crippen LogP contribution >= 0.6 is 0 Å². The van der Waals surface area contributed by atoms with Crippen molar-refractivity contribution in [2.75, 3.05) is 4.90 Å². The van der Waals surface area contributed by atoms with Gasteiger partial charge in [0, 0.05) is 17.8 Å². The van der Waals surface area contributed by atoms with Crippen molar-refractivity contribution in [1.29, 1.82) is 0 Å². The highest BCUT2D eigenvalue weighted by atomic mass is 15.3. The zero-order chi connectivity index (χ0) is 26.2. The number of nitrogens with one attached hydrogen (secondary N) is 1. The fourth-order valence-corrected chi connectivity index (χ4v) is 5.75. The first-order valence-electron chi connectivity index (χ1n) is 13.0. The molecule has 0 aliphatic carbocycles. The second-order valence-electron chi connectivity index (χ2n) is 9.77. The van der Waals surface area contributed by atoms with Gasteiger partial charge in [-0.2, -0.15) is 0 Å². The van der Waals surface area contributed by atoms with Crippen molar-refractivity contribution >= 4 is 55.8 Å². The van der Waals surface area contributed by atoms with Crippen molar-refractivity contribution in [1.82, 2.24) is 39.8 Å². The molecule has 8 heterocycles. The number of rotatable bonds is 2. The molecule has 188 valence electrons. The molecule has 2 aliphatic heterocycles. The Kier molecular flexibility index (Phi) is 4.20. The lowest BCUT2D eigenvalue weighted by atomic mass is 10.1. The van der Waals surface area contributed by atoms with Crippen LogP contribution in [0.3, 0.4) is 0 Å². The lowest BCUT2D eigenvalue weighted by molar-refractivity contribution is 0.702. The van der Waals surface area contributed by atoms with E-state index in [1.165, 1.54) is 0 Å². The molecule has 9 heteroatoms. The molecule has 0 bridgehead atoms. The van der Waals surface area contributed by atoms with Crippen LogP contribution in [0.25, 0.3) is 50.0 Å². The third kappa shape index (κ3) is 2.91. The number of aromatic nitrogens is 7. The van der Waals surface area contributed by atoms with Gasteiger partial charge in [-0.1, -0.05) is 18.2 Å². The van der Waals surface area contributed by atoms with E-state index in [4.69, 9.17) is 19.9 Å². The van der Waals surface area contributed by atoms with Crippen LogP contribution < -0.4 is 10.2 Å². The Morgan fingerprint density at radius 1 is 0.675 bits per heavy atom. The van der Waals surface area contributed by atoms with Crippen molar-refractivity contribution in [3.8, 4) is 5.82 Å². The first-order valence-corrected chi connectivity index (χ1v) is 13.0. The Morgan fingerprint density at radius 2 is 1.43 bits per heavy atom. The van der Waals surface area contributed by atoms with Crippen molar-refractivity contribution < 1.29 is 0 Å². The molecule has 6 aromatic heterocycles. The summed E-state index contributed by atoms with van der Waals surface area (Å²) in [6.45, 7) is 0. The fourth-order valence-electron chi connectivity index (χ4n) is 5.75. The van der Waals surface area contributed by atoms with E-state index in [0.717, 1.165) is 73.0 Å². The van der Waals surface area contributed by atoms with Gasteiger partial charge in [-0.25, -0.2) is 19.9 Å². The van der Waals surface area contributed by atoms with E-state index in [2.05, 4.69) is 43.0 Å². The van der Waals surface area contributed by atoms with Crippen LogP contribution in [0.1, 0.15) is 11.7 Å². The van der Waals surface area contributed by atoms with E-state index < -0.39 is 0 Å². The molecule has 7 aromatic rings. The van der Waals surface area contributed by atoms with Gasteiger partial charge in [-0.3, -0.25) is 19.4 Å². The highest BCUT2D eigenvalue weighted by Crippen LogP contribution is 2.46. The second kappa shape index (κ2) is 7.90. The molecule has 2 aliphatic rings. The summed E-state index contributed by atoms with van der Waals surface area (Å²) >= 11 is 0. The summed E-state index contributed by atoms with van der Waals surface area (Å²) in [6.07, 6.45) is 9.59. The summed E-state index contributed by atoms with van der Waals surface area (Å²) in [6, 6.07) is 23.8. The molecule has 40 heavy (non-hydrogen) atoms. The number of fused-ring (bicyclic) bond motifs is 8. The van der Waals surface area contributed by atoms with E-state index in [1.54, 1.807) is 12.4 Å². The first-order chi connectivity index (χ1) is 19.8. The fraction of sp³-hybridized carbons (Fsp3) is 0.0323. The molecular formula is C31H19N9. The number of hydrogen-bond acceptors (Lipinski definition) is 8. The van der Waals surface area contributed by atoms with Crippen molar-refractivity contribution in [3.05, 3.63) is 115 Å². The maximum Gasteiger partial charge on any atom is 0.166 e. The van der Waals surface area contributed by atoms with E-state index >= 15 is 0 Å². The molecular weight excluding hydrogens is 498 g/mol. The summed E-state index contributed by atoms with van der Waals surface area (Å²) < 4.78 is 2.09. The summed E-state index contributed by atoms with van der Waals surface area (Å²) in [5.74, 6) is 2.30. The third-order valence-corrected chi connectivity index (χ3v) is 7.50. The van der Waals surface area contributed by atoms with Crippen LogP contribution in [0.15, 0.2) is 109 Å². The molecule has 1 unspecified atom stereocenters. The highest BCUT2D eigenvalue weighted by Gasteiger charge is 2.39. The molecule has 0 fully saturated rings. The average Bonchev–Trinajstić information content (AvgIpc) is 3.51. The Morgan fingerprint density at radius 3 is 2.25 bits per heavy atom. The molecule has 0 radical (unpaired) electrons. The van der Waals surface area contributed by atoms with Crippen LogP contribution in [0.2, 0.25) is 0 Å². The summed E-state index contributed by atoms with van der Waals surface area (Å²) in [5.41, 5.74) is 7.76. The van der Waals surface area contributed by atoms with Gasteiger partial charge in [-0.05, 0) is 72.9 Å². The number of hydrogen-bond donors (Lipinski definition) is 1. The maximum absolute atomic E-state index is 5.30. The maximum atomic E-state index is 5.30. The Bertz CT molecular complexity index is 2230. The standard InChI is InChI=1S/C31H19N9/c1-2-9-23-18(6-1)27-30(39(23)25-13-11-19-21(35-25)7-3-15-32-19)38-29-28-24(10-5-17-34-28)40(31(29)37-27)26-14-12-20-22(36-26)8-4-16-33-20/h1-17,28,34H. The summed E-state index contributed by atoms with van der Waals surface area (Å²) in [7, 11) is 0. The third-order valence-electron chi connectivity index (χ3n) is 7.50. The van der Waals surface area contributed by atoms with Gasteiger partial charge in [0.25, 0.3) is 0 Å². The van der Waals surface area contributed by atoms with Crippen LogP contribution in [0.5, 0.6) is 0 Å². The van der Waals surface area contributed by atoms with Crippen LogP contribution in [0.4, 0.5) is 11.6 Å². The number of pyridine rings is 4. The molecule has 1 aromatic carbocycles. The lowest BCUT2D eigenvalue weighted by Crippen LogP contribution is -2.23.